The molecule has 4 aromatic rings. The van der Waals surface area contributed by atoms with Gasteiger partial charge in [-0.05, 0) is 48.9 Å². The molecule has 1 aliphatic heterocycles. The van der Waals surface area contributed by atoms with E-state index in [2.05, 4.69) is 30.0 Å². The van der Waals surface area contributed by atoms with Crippen molar-refractivity contribution < 1.29 is 9.90 Å². The van der Waals surface area contributed by atoms with Crippen LogP contribution in [0.4, 0.5) is 0 Å². The van der Waals surface area contributed by atoms with Crippen molar-refractivity contribution in [3.8, 4) is 11.3 Å². The Morgan fingerprint density at radius 3 is 2.77 bits per heavy atom. The van der Waals surface area contributed by atoms with Gasteiger partial charge in [0.05, 0.1) is 29.5 Å². The van der Waals surface area contributed by atoms with Crippen LogP contribution in [-0.4, -0.2) is 65.0 Å². The molecule has 0 atom stereocenters. The van der Waals surface area contributed by atoms with Crippen LogP contribution < -0.4 is 0 Å². The van der Waals surface area contributed by atoms with Gasteiger partial charge in [-0.15, -0.1) is 0 Å². The lowest BCUT2D eigenvalue weighted by Gasteiger charge is -2.31. The first-order valence-electron chi connectivity index (χ1n) is 12.2. The maximum Gasteiger partial charge on any atom is 0.248 e. The van der Waals surface area contributed by atoms with Crippen LogP contribution in [0.3, 0.4) is 0 Å². The Hall–Kier alpha value is -3.59. The van der Waals surface area contributed by atoms with Crippen molar-refractivity contribution in [1.82, 2.24) is 34.3 Å². The fourth-order valence-electron chi connectivity index (χ4n) is 4.74. The van der Waals surface area contributed by atoms with Crippen LogP contribution in [0.15, 0.2) is 49.1 Å². The highest BCUT2D eigenvalue weighted by Crippen LogP contribution is 2.25. The number of likely N-dealkylation sites (tertiary alicyclic amines) is 1. The molecule has 0 aromatic carbocycles. The lowest BCUT2D eigenvalue weighted by atomic mass is 9.97. The third kappa shape index (κ3) is 5.09. The van der Waals surface area contributed by atoms with Gasteiger partial charge in [0.1, 0.15) is 12.4 Å². The maximum absolute atomic E-state index is 11.7. The fourth-order valence-corrected chi connectivity index (χ4v) is 4.74. The minimum atomic E-state index is -0.409. The molecule has 1 aliphatic rings. The summed E-state index contributed by atoms with van der Waals surface area (Å²) in [5, 5.41) is 18.2. The number of aliphatic hydroxyl groups excluding tert-OH is 1. The van der Waals surface area contributed by atoms with E-state index in [4.69, 9.17) is 15.2 Å². The second-order valence-corrected chi connectivity index (χ2v) is 9.55. The van der Waals surface area contributed by atoms with E-state index >= 15 is 0 Å². The second kappa shape index (κ2) is 9.95. The van der Waals surface area contributed by atoms with Gasteiger partial charge < -0.3 is 10.0 Å². The van der Waals surface area contributed by atoms with E-state index in [1.807, 2.05) is 46.0 Å². The molecule has 9 heteroatoms. The van der Waals surface area contributed by atoms with Crippen LogP contribution >= 0.6 is 0 Å². The summed E-state index contributed by atoms with van der Waals surface area (Å²) in [5.41, 5.74) is 5.18. The van der Waals surface area contributed by atoms with Gasteiger partial charge in [-0.3, -0.25) is 9.48 Å². The van der Waals surface area contributed by atoms with E-state index in [9.17, 15) is 4.79 Å². The molecule has 5 rings (SSSR count). The minimum Gasteiger partial charge on any atom is -0.387 e. The Kier molecular flexibility index (Phi) is 6.59. The third-order valence-electron chi connectivity index (χ3n) is 6.76. The van der Waals surface area contributed by atoms with Crippen molar-refractivity contribution in [2.45, 2.75) is 45.6 Å². The summed E-state index contributed by atoms with van der Waals surface area (Å²) >= 11 is 0. The number of rotatable bonds is 7. The first kappa shape index (κ1) is 23.2. The summed E-state index contributed by atoms with van der Waals surface area (Å²) in [6.07, 6.45) is 10.1. The third-order valence-corrected chi connectivity index (χ3v) is 6.76. The van der Waals surface area contributed by atoms with Crippen molar-refractivity contribution in [3.05, 3.63) is 66.1 Å². The van der Waals surface area contributed by atoms with Gasteiger partial charge in [0.15, 0.2) is 0 Å². The quantitative estimate of drug-likeness (QED) is 0.443. The molecule has 4 aromatic heterocycles. The highest BCUT2D eigenvalue weighted by Gasteiger charge is 2.22. The van der Waals surface area contributed by atoms with Crippen molar-refractivity contribution in [2.24, 2.45) is 5.92 Å². The summed E-state index contributed by atoms with van der Waals surface area (Å²) < 4.78 is 3.89. The number of fused-ring (bicyclic) bond motifs is 1. The van der Waals surface area contributed by atoms with E-state index in [1.165, 1.54) is 5.56 Å². The van der Waals surface area contributed by atoms with E-state index in [0.29, 0.717) is 31.3 Å². The number of pyridine rings is 1. The summed E-state index contributed by atoms with van der Waals surface area (Å²) in [6, 6.07) is 8.13. The number of carbonyl (C=O) groups excluding carboxylic acids is 1. The molecule has 1 amide bonds. The van der Waals surface area contributed by atoms with Crippen LogP contribution in [0.2, 0.25) is 0 Å². The number of piperidine rings is 1. The standard InChI is InChI=1S/C26H31N7O2/c1-18(2)22-15-28-33-12-6-20(13-24(22)33)23-3-8-27-25(29-23)14-21-7-11-32(30-21)16-19-4-9-31(10-5-19)26(35)17-34/h3,6-8,11-13,15,18-19,34H,4-5,9-10,14,16-17H2,1-2H3. The van der Waals surface area contributed by atoms with E-state index in [1.54, 1.807) is 11.1 Å². The molecule has 182 valence electrons. The molecule has 9 nitrogen and oxygen atoms in total. The summed E-state index contributed by atoms with van der Waals surface area (Å²) in [7, 11) is 0. The average molecular weight is 474 g/mol. The first-order valence-corrected chi connectivity index (χ1v) is 12.2. The number of nitrogens with zero attached hydrogens (tertiary/aromatic N) is 7. The van der Waals surface area contributed by atoms with Gasteiger partial charge in [0.25, 0.3) is 0 Å². The molecule has 1 saturated heterocycles. The zero-order valence-corrected chi connectivity index (χ0v) is 20.2. The van der Waals surface area contributed by atoms with E-state index in [0.717, 1.165) is 47.7 Å². The minimum absolute atomic E-state index is 0.183. The number of hydrogen-bond acceptors (Lipinski definition) is 6. The van der Waals surface area contributed by atoms with Crippen molar-refractivity contribution in [1.29, 1.82) is 0 Å². The molecule has 0 spiro atoms. The molecule has 5 heterocycles. The number of carbonyl (C=O) groups is 1. The van der Waals surface area contributed by atoms with Gasteiger partial charge in [0, 0.05) is 49.4 Å². The summed E-state index contributed by atoms with van der Waals surface area (Å²) in [6.45, 7) is 6.16. The fraction of sp³-hybridized carbons (Fsp3) is 0.423. The van der Waals surface area contributed by atoms with E-state index < -0.39 is 6.61 Å². The molecule has 0 radical (unpaired) electrons. The zero-order chi connectivity index (χ0) is 24.4. The summed E-state index contributed by atoms with van der Waals surface area (Å²) in [4.78, 5) is 22.7. The molecule has 1 fully saturated rings. The van der Waals surface area contributed by atoms with Gasteiger partial charge in [0.2, 0.25) is 5.91 Å². The van der Waals surface area contributed by atoms with Crippen molar-refractivity contribution in [2.75, 3.05) is 19.7 Å². The number of amides is 1. The van der Waals surface area contributed by atoms with E-state index in [-0.39, 0.29) is 5.91 Å². The Morgan fingerprint density at radius 2 is 2.00 bits per heavy atom. The predicted octanol–water partition coefficient (Wildman–Crippen LogP) is 2.93. The van der Waals surface area contributed by atoms with Crippen molar-refractivity contribution in [3.63, 3.8) is 0 Å². The molecular weight excluding hydrogens is 442 g/mol. The Labute approximate surface area is 204 Å². The summed E-state index contributed by atoms with van der Waals surface area (Å²) in [5.74, 6) is 1.42. The number of hydrogen-bond donors (Lipinski definition) is 1. The van der Waals surface area contributed by atoms with Crippen LogP contribution in [0.1, 0.15) is 49.7 Å². The van der Waals surface area contributed by atoms with Gasteiger partial charge in [-0.2, -0.15) is 10.2 Å². The highest BCUT2D eigenvalue weighted by molar-refractivity contribution is 5.77. The number of aliphatic hydroxyl groups is 1. The van der Waals surface area contributed by atoms with Crippen molar-refractivity contribution >= 4 is 11.4 Å². The Morgan fingerprint density at radius 1 is 1.17 bits per heavy atom. The number of aromatic nitrogens is 6. The topological polar surface area (TPSA) is 101 Å². The molecule has 0 bridgehead atoms. The van der Waals surface area contributed by atoms with Crippen LogP contribution in [0.25, 0.3) is 16.8 Å². The lowest BCUT2D eigenvalue weighted by molar-refractivity contribution is -0.135. The molecule has 1 N–H and O–H groups in total. The smallest absolute Gasteiger partial charge is 0.248 e. The second-order valence-electron chi connectivity index (χ2n) is 9.55. The first-order chi connectivity index (χ1) is 17.0. The molecule has 35 heavy (non-hydrogen) atoms. The van der Waals surface area contributed by atoms with Gasteiger partial charge >= 0.3 is 0 Å². The normalized spacial score (nSPS) is 14.8. The largest absolute Gasteiger partial charge is 0.387 e. The zero-order valence-electron chi connectivity index (χ0n) is 20.2. The predicted molar refractivity (Wildman–Crippen MR) is 132 cm³/mol. The molecular formula is C26H31N7O2. The van der Waals surface area contributed by atoms with Crippen LogP contribution in [0.5, 0.6) is 0 Å². The average Bonchev–Trinajstić information content (AvgIpc) is 3.50. The lowest BCUT2D eigenvalue weighted by Crippen LogP contribution is -2.40. The molecule has 0 unspecified atom stereocenters. The van der Waals surface area contributed by atoms with Crippen LogP contribution in [0, 0.1) is 5.92 Å². The van der Waals surface area contributed by atoms with Gasteiger partial charge in [-0.1, -0.05) is 13.8 Å². The van der Waals surface area contributed by atoms with Gasteiger partial charge in [-0.25, -0.2) is 14.5 Å². The monoisotopic (exact) mass is 473 g/mol. The van der Waals surface area contributed by atoms with Crippen LogP contribution in [-0.2, 0) is 17.8 Å². The highest BCUT2D eigenvalue weighted by atomic mass is 16.3. The molecule has 0 aliphatic carbocycles. The Balaban J connectivity index is 1.25. The molecule has 0 saturated carbocycles. The SMILES string of the molecule is CC(C)c1cnn2ccc(-c3ccnc(Cc4ccn(CC5CCN(C(=O)CO)CC5)n4)n3)cc12. The Bertz CT molecular complexity index is 1320. The maximum atomic E-state index is 11.7.